The lowest BCUT2D eigenvalue weighted by Gasteiger charge is -2.13. The summed E-state index contributed by atoms with van der Waals surface area (Å²) in [5.74, 6) is -1.69. The van der Waals surface area contributed by atoms with E-state index in [0.29, 0.717) is 5.56 Å². The van der Waals surface area contributed by atoms with E-state index in [0.717, 1.165) is 5.56 Å². The molecule has 0 unspecified atom stereocenters. The van der Waals surface area contributed by atoms with E-state index in [1.807, 2.05) is 0 Å². The molecule has 0 bridgehead atoms. The van der Waals surface area contributed by atoms with Gasteiger partial charge in [-0.1, -0.05) is 12.1 Å². The average Bonchev–Trinajstić information content (AvgIpc) is 2.96. The maximum absolute atomic E-state index is 12.8. The van der Waals surface area contributed by atoms with Crippen LogP contribution in [0.15, 0.2) is 36.5 Å². The Morgan fingerprint density at radius 3 is 2.44 bits per heavy atom. The van der Waals surface area contributed by atoms with Crippen LogP contribution in [0.2, 0.25) is 0 Å². The Bertz CT molecular complexity index is 796. The molecule has 1 amide bonds. The third-order valence-electron chi connectivity index (χ3n) is 3.65. The molecule has 7 heteroatoms. The summed E-state index contributed by atoms with van der Waals surface area (Å²) in [6, 6.07) is 7.13. The minimum atomic E-state index is -1.01. The summed E-state index contributed by atoms with van der Waals surface area (Å²) in [6.07, 6.45) is 0.515. The minimum Gasteiger partial charge on any atom is -0.448 e. The van der Waals surface area contributed by atoms with Crippen molar-refractivity contribution < 1.29 is 23.5 Å². The van der Waals surface area contributed by atoms with Crippen LogP contribution in [0.25, 0.3) is 0 Å². The van der Waals surface area contributed by atoms with Gasteiger partial charge in [0.15, 0.2) is 11.9 Å². The van der Waals surface area contributed by atoms with Gasteiger partial charge < -0.3 is 14.6 Å². The number of nitrogens with one attached hydrogen (secondary N) is 1. The average molecular weight is 346 g/mol. The molecule has 1 heterocycles. The van der Waals surface area contributed by atoms with Gasteiger partial charge in [0.05, 0.1) is 0 Å². The Kier molecular flexibility index (Phi) is 5.69. The summed E-state index contributed by atoms with van der Waals surface area (Å²) >= 11 is 0. The summed E-state index contributed by atoms with van der Waals surface area (Å²) < 4.78 is 19.4. The summed E-state index contributed by atoms with van der Waals surface area (Å²) in [5.41, 5.74) is 1.30. The molecule has 25 heavy (non-hydrogen) atoms. The molecular formula is C18H19FN2O4. The molecule has 1 aromatic heterocycles. The molecule has 2 rings (SSSR count). The third-order valence-corrected chi connectivity index (χ3v) is 3.65. The highest BCUT2D eigenvalue weighted by molar-refractivity contribution is 5.98. The molecule has 0 aliphatic heterocycles. The van der Waals surface area contributed by atoms with E-state index in [-0.39, 0.29) is 23.8 Å². The van der Waals surface area contributed by atoms with E-state index in [9.17, 15) is 18.8 Å². The molecule has 1 N–H and O–H groups in total. The molecule has 1 atom stereocenters. The topological polar surface area (TPSA) is 77.4 Å². The van der Waals surface area contributed by atoms with Crippen molar-refractivity contribution in [1.29, 1.82) is 0 Å². The Morgan fingerprint density at radius 1 is 1.24 bits per heavy atom. The molecule has 0 radical (unpaired) electrons. The first-order valence-electron chi connectivity index (χ1n) is 7.68. The lowest BCUT2D eigenvalue weighted by molar-refractivity contribution is -0.129. The summed E-state index contributed by atoms with van der Waals surface area (Å²) in [6.45, 7) is 3.04. The van der Waals surface area contributed by atoms with Gasteiger partial charge in [-0.25, -0.2) is 9.18 Å². The highest BCUT2D eigenvalue weighted by atomic mass is 19.1. The van der Waals surface area contributed by atoms with Crippen LogP contribution < -0.4 is 5.32 Å². The number of ether oxygens (including phenoxy) is 1. The maximum atomic E-state index is 12.8. The number of carbonyl (C=O) groups is 3. The first-order valence-corrected chi connectivity index (χ1v) is 7.68. The van der Waals surface area contributed by atoms with Crippen molar-refractivity contribution in [2.45, 2.75) is 26.5 Å². The van der Waals surface area contributed by atoms with E-state index >= 15 is 0 Å². The number of amides is 1. The van der Waals surface area contributed by atoms with Crippen molar-refractivity contribution in [3.8, 4) is 0 Å². The van der Waals surface area contributed by atoms with Crippen molar-refractivity contribution in [3.63, 3.8) is 0 Å². The number of halogens is 1. The molecule has 0 saturated carbocycles. The Morgan fingerprint density at radius 2 is 1.88 bits per heavy atom. The molecule has 0 spiro atoms. The molecule has 1 aromatic carbocycles. The van der Waals surface area contributed by atoms with E-state index in [1.54, 1.807) is 19.2 Å². The van der Waals surface area contributed by atoms with Gasteiger partial charge in [0.2, 0.25) is 0 Å². The largest absolute Gasteiger partial charge is 0.448 e. The molecular weight excluding hydrogens is 327 g/mol. The molecule has 0 aliphatic carbocycles. The normalized spacial score (nSPS) is 11.7. The molecule has 132 valence electrons. The van der Waals surface area contributed by atoms with Gasteiger partial charge in [0.25, 0.3) is 5.91 Å². The monoisotopic (exact) mass is 346 g/mol. The van der Waals surface area contributed by atoms with Gasteiger partial charge in [-0.2, -0.15) is 0 Å². The first kappa shape index (κ1) is 18.4. The zero-order valence-corrected chi connectivity index (χ0v) is 14.2. The SMILES string of the molecule is CC(=O)c1cc(C(=O)O[C@@H](C)C(=O)NCc2ccc(F)cc2)n(C)c1. The number of rotatable bonds is 6. The lowest BCUT2D eigenvalue weighted by atomic mass is 10.2. The van der Waals surface area contributed by atoms with Crippen molar-refractivity contribution in [2.75, 3.05) is 0 Å². The van der Waals surface area contributed by atoms with Crippen LogP contribution >= 0.6 is 0 Å². The van der Waals surface area contributed by atoms with Gasteiger partial charge in [0.1, 0.15) is 11.5 Å². The first-order chi connectivity index (χ1) is 11.8. The van der Waals surface area contributed by atoms with Crippen molar-refractivity contribution in [3.05, 3.63) is 59.2 Å². The zero-order valence-electron chi connectivity index (χ0n) is 14.2. The quantitative estimate of drug-likeness (QED) is 0.643. The van der Waals surface area contributed by atoms with Crippen LogP contribution in [-0.2, 0) is 23.1 Å². The van der Waals surface area contributed by atoms with Gasteiger partial charge in [-0.3, -0.25) is 9.59 Å². The predicted molar refractivity (Wildman–Crippen MR) is 88.5 cm³/mol. The Labute approximate surface area is 144 Å². The number of aromatic nitrogens is 1. The molecule has 0 fully saturated rings. The van der Waals surface area contributed by atoms with E-state index in [1.165, 1.54) is 42.8 Å². The molecule has 2 aromatic rings. The lowest BCUT2D eigenvalue weighted by Crippen LogP contribution is -2.35. The minimum absolute atomic E-state index is 0.167. The number of hydrogen-bond donors (Lipinski definition) is 1. The zero-order chi connectivity index (χ0) is 18.6. The number of nitrogens with zero attached hydrogens (tertiary/aromatic N) is 1. The Hall–Kier alpha value is -2.96. The number of hydrogen-bond acceptors (Lipinski definition) is 4. The maximum Gasteiger partial charge on any atom is 0.355 e. The number of esters is 1. The van der Waals surface area contributed by atoms with Gasteiger partial charge >= 0.3 is 5.97 Å². The fraction of sp³-hybridized carbons (Fsp3) is 0.278. The fourth-order valence-electron chi connectivity index (χ4n) is 2.17. The van der Waals surface area contributed by atoms with Crippen LogP contribution in [-0.4, -0.2) is 28.3 Å². The molecule has 0 aliphatic rings. The van der Waals surface area contributed by atoms with E-state index in [4.69, 9.17) is 4.74 Å². The number of Topliss-reactive ketones (excluding diaryl/α,β-unsaturated/α-hetero) is 1. The molecule has 6 nitrogen and oxygen atoms in total. The number of carbonyl (C=O) groups excluding carboxylic acids is 3. The second-order valence-electron chi connectivity index (χ2n) is 5.67. The second kappa shape index (κ2) is 7.74. The smallest absolute Gasteiger partial charge is 0.355 e. The fourth-order valence-corrected chi connectivity index (χ4v) is 2.17. The van der Waals surface area contributed by atoms with Crippen LogP contribution in [0.1, 0.15) is 40.3 Å². The van der Waals surface area contributed by atoms with Gasteiger partial charge in [-0.15, -0.1) is 0 Å². The number of ketones is 1. The molecule has 0 saturated heterocycles. The standard InChI is InChI=1S/C18H19FN2O4/c1-11(22)14-8-16(21(3)10-14)18(24)25-12(2)17(23)20-9-13-4-6-15(19)7-5-13/h4-8,10,12H,9H2,1-3H3,(H,20,23)/t12-/m0/s1. The van der Waals surface area contributed by atoms with Crippen molar-refractivity contribution in [1.82, 2.24) is 9.88 Å². The van der Waals surface area contributed by atoms with Gasteiger partial charge in [-0.05, 0) is 37.6 Å². The van der Waals surface area contributed by atoms with Crippen LogP contribution in [0.5, 0.6) is 0 Å². The van der Waals surface area contributed by atoms with Crippen molar-refractivity contribution in [2.24, 2.45) is 7.05 Å². The van der Waals surface area contributed by atoms with E-state index < -0.39 is 18.0 Å². The number of aryl methyl sites for hydroxylation is 1. The van der Waals surface area contributed by atoms with Crippen LogP contribution in [0.3, 0.4) is 0 Å². The highest BCUT2D eigenvalue weighted by Crippen LogP contribution is 2.11. The van der Waals surface area contributed by atoms with Crippen LogP contribution in [0.4, 0.5) is 4.39 Å². The summed E-state index contributed by atoms with van der Waals surface area (Å²) in [5, 5.41) is 2.61. The number of benzene rings is 1. The van der Waals surface area contributed by atoms with E-state index in [2.05, 4.69) is 5.32 Å². The van der Waals surface area contributed by atoms with Crippen LogP contribution in [0, 0.1) is 5.82 Å². The summed E-state index contributed by atoms with van der Waals surface area (Å²) in [7, 11) is 1.61. The highest BCUT2D eigenvalue weighted by Gasteiger charge is 2.21. The second-order valence-corrected chi connectivity index (χ2v) is 5.67. The van der Waals surface area contributed by atoms with Crippen molar-refractivity contribution >= 4 is 17.7 Å². The third kappa shape index (κ3) is 4.76. The summed E-state index contributed by atoms with van der Waals surface area (Å²) in [4.78, 5) is 35.5. The Balaban J connectivity index is 1.92. The predicted octanol–water partition coefficient (Wildman–Crippen LogP) is 2.23. The van der Waals surface area contributed by atoms with Gasteiger partial charge in [0, 0.05) is 25.4 Å².